The third-order valence-electron chi connectivity index (χ3n) is 3.18. The Morgan fingerprint density at radius 1 is 1.21 bits per heavy atom. The van der Waals surface area contributed by atoms with Gasteiger partial charge in [0.1, 0.15) is 5.82 Å². The van der Waals surface area contributed by atoms with Gasteiger partial charge in [0, 0.05) is 25.2 Å². The fourth-order valence-corrected chi connectivity index (χ4v) is 4.08. The summed E-state index contributed by atoms with van der Waals surface area (Å²) in [5.74, 6) is -0.433. The Bertz CT molecular complexity index is 520. The number of rotatable bonds is 3. The van der Waals surface area contributed by atoms with E-state index < -0.39 is 10.0 Å². The van der Waals surface area contributed by atoms with Crippen molar-refractivity contribution < 1.29 is 12.8 Å². The first kappa shape index (κ1) is 14.4. The lowest BCUT2D eigenvalue weighted by atomic mass is 10.2. The van der Waals surface area contributed by atoms with Gasteiger partial charge in [0.05, 0.1) is 5.75 Å². The summed E-state index contributed by atoms with van der Waals surface area (Å²) in [6, 6.07) is 5.89. The second kappa shape index (κ2) is 5.56. The molecule has 1 aliphatic heterocycles. The Morgan fingerprint density at radius 2 is 1.74 bits per heavy atom. The highest BCUT2D eigenvalue weighted by molar-refractivity contribution is 7.88. The van der Waals surface area contributed by atoms with Gasteiger partial charge in [-0.05, 0) is 31.5 Å². The minimum atomic E-state index is -3.34. The van der Waals surface area contributed by atoms with Crippen molar-refractivity contribution in [2.75, 3.05) is 13.1 Å². The first-order chi connectivity index (χ1) is 8.87. The predicted octanol–water partition coefficient (Wildman–Crippen LogP) is 1.34. The molecular formula is C13H19FN2O2S. The molecule has 1 heterocycles. The van der Waals surface area contributed by atoms with Crippen LogP contribution in [0.5, 0.6) is 0 Å². The van der Waals surface area contributed by atoms with E-state index in [0.717, 1.165) is 0 Å². The topological polar surface area (TPSA) is 49.4 Å². The van der Waals surface area contributed by atoms with Gasteiger partial charge in [0.2, 0.25) is 10.0 Å². The van der Waals surface area contributed by atoms with Crippen LogP contribution in [0, 0.1) is 5.82 Å². The Balaban J connectivity index is 2.11. The molecule has 0 aliphatic carbocycles. The number of nitrogens with zero attached hydrogens (tertiary/aromatic N) is 1. The molecule has 2 atom stereocenters. The second-order valence-corrected chi connectivity index (χ2v) is 7.14. The van der Waals surface area contributed by atoms with Gasteiger partial charge in [-0.15, -0.1) is 0 Å². The van der Waals surface area contributed by atoms with Crippen LogP contribution in [0.3, 0.4) is 0 Å². The normalized spacial score (nSPS) is 25.4. The maximum atomic E-state index is 12.8. The maximum absolute atomic E-state index is 12.8. The quantitative estimate of drug-likeness (QED) is 0.912. The van der Waals surface area contributed by atoms with Crippen molar-refractivity contribution in [2.24, 2.45) is 0 Å². The molecule has 0 bridgehead atoms. The fraction of sp³-hybridized carbons (Fsp3) is 0.538. The van der Waals surface area contributed by atoms with Gasteiger partial charge >= 0.3 is 0 Å². The SMILES string of the molecule is C[C@H]1CN(S(=O)(=O)Cc2ccc(F)cc2)C[C@H](C)N1. The molecular weight excluding hydrogens is 267 g/mol. The first-order valence-electron chi connectivity index (χ1n) is 6.35. The first-order valence-corrected chi connectivity index (χ1v) is 7.96. The van der Waals surface area contributed by atoms with E-state index in [1.54, 1.807) is 0 Å². The number of benzene rings is 1. The standard InChI is InChI=1S/C13H19FN2O2S/c1-10-7-16(8-11(2)15-10)19(17,18)9-12-3-5-13(14)6-4-12/h3-6,10-11,15H,7-9H2,1-2H3/t10-,11-/m0/s1. The Morgan fingerprint density at radius 3 is 2.26 bits per heavy atom. The van der Waals surface area contributed by atoms with Crippen molar-refractivity contribution in [1.29, 1.82) is 0 Å². The lowest BCUT2D eigenvalue weighted by molar-refractivity contribution is 0.262. The maximum Gasteiger partial charge on any atom is 0.218 e. The van der Waals surface area contributed by atoms with Crippen molar-refractivity contribution in [3.8, 4) is 0 Å². The molecule has 4 nitrogen and oxygen atoms in total. The average Bonchev–Trinajstić information content (AvgIpc) is 2.31. The average molecular weight is 286 g/mol. The number of hydrogen-bond acceptors (Lipinski definition) is 3. The van der Waals surface area contributed by atoms with Crippen molar-refractivity contribution in [1.82, 2.24) is 9.62 Å². The zero-order chi connectivity index (χ0) is 14.0. The van der Waals surface area contributed by atoms with Crippen LogP contribution in [0.25, 0.3) is 0 Å². The summed E-state index contributed by atoms with van der Waals surface area (Å²) in [7, 11) is -3.34. The number of halogens is 1. The number of sulfonamides is 1. The van der Waals surface area contributed by atoms with Crippen molar-refractivity contribution >= 4 is 10.0 Å². The smallest absolute Gasteiger partial charge is 0.218 e. The highest BCUT2D eigenvalue weighted by Gasteiger charge is 2.29. The van der Waals surface area contributed by atoms with Crippen molar-refractivity contribution in [3.63, 3.8) is 0 Å². The Kier molecular flexibility index (Phi) is 4.23. The number of piperazine rings is 1. The zero-order valence-corrected chi connectivity index (χ0v) is 12.0. The molecule has 1 aromatic rings. The Labute approximate surface area is 113 Å². The molecule has 0 amide bonds. The van der Waals surface area contributed by atoms with Crippen LogP contribution in [0.15, 0.2) is 24.3 Å². The number of nitrogens with one attached hydrogen (secondary N) is 1. The van der Waals surface area contributed by atoms with E-state index in [-0.39, 0.29) is 23.7 Å². The van der Waals surface area contributed by atoms with Crippen LogP contribution < -0.4 is 5.32 Å². The molecule has 0 unspecified atom stereocenters. The minimum absolute atomic E-state index is 0.0767. The molecule has 19 heavy (non-hydrogen) atoms. The molecule has 0 aromatic heterocycles. The summed E-state index contributed by atoms with van der Waals surface area (Å²) in [4.78, 5) is 0. The molecule has 0 radical (unpaired) electrons. The van der Waals surface area contributed by atoms with Crippen LogP contribution >= 0.6 is 0 Å². The van der Waals surface area contributed by atoms with Crippen LogP contribution in [0.4, 0.5) is 4.39 Å². The third kappa shape index (κ3) is 3.75. The van der Waals surface area contributed by atoms with Crippen LogP contribution in [-0.4, -0.2) is 37.9 Å². The molecule has 6 heteroatoms. The second-order valence-electron chi connectivity index (χ2n) is 5.17. The van der Waals surface area contributed by atoms with Gasteiger partial charge in [0.15, 0.2) is 0 Å². The van der Waals surface area contributed by atoms with E-state index in [2.05, 4.69) is 5.32 Å². The molecule has 1 aliphatic rings. The predicted molar refractivity (Wildman–Crippen MR) is 72.7 cm³/mol. The van der Waals surface area contributed by atoms with Gasteiger partial charge in [-0.1, -0.05) is 12.1 Å². The molecule has 0 saturated carbocycles. The van der Waals surface area contributed by atoms with E-state index in [0.29, 0.717) is 18.7 Å². The van der Waals surface area contributed by atoms with E-state index in [4.69, 9.17) is 0 Å². The Hall–Kier alpha value is -0.980. The highest BCUT2D eigenvalue weighted by atomic mass is 32.2. The largest absolute Gasteiger partial charge is 0.309 e. The zero-order valence-electron chi connectivity index (χ0n) is 11.1. The lowest BCUT2D eigenvalue weighted by Gasteiger charge is -2.35. The number of hydrogen-bond donors (Lipinski definition) is 1. The summed E-state index contributed by atoms with van der Waals surface area (Å²) in [5, 5.41) is 3.30. The molecule has 106 valence electrons. The summed E-state index contributed by atoms with van der Waals surface area (Å²) in [5.41, 5.74) is 0.611. The summed E-state index contributed by atoms with van der Waals surface area (Å²) >= 11 is 0. The highest BCUT2D eigenvalue weighted by Crippen LogP contribution is 2.15. The fourth-order valence-electron chi connectivity index (χ4n) is 2.39. The van der Waals surface area contributed by atoms with Crippen molar-refractivity contribution in [3.05, 3.63) is 35.6 Å². The van der Waals surface area contributed by atoms with Gasteiger partial charge < -0.3 is 5.32 Å². The van der Waals surface area contributed by atoms with E-state index in [1.807, 2.05) is 13.8 Å². The molecule has 2 rings (SSSR count). The van der Waals surface area contributed by atoms with E-state index >= 15 is 0 Å². The van der Waals surface area contributed by atoms with Crippen molar-refractivity contribution in [2.45, 2.75) is 31.7 Å². The third-order valence-corrected chi connectivity index (χ3v) is 4.96. The van der Waals surface area contributed by atoms with Crippen LogP contribution in [0.1, 0.15) is 19.4 Å². The minimum Gasteiger partial charge on any atom is -0.309 e. The summed E-state index contributed by atoms with van der Waals surface area (Å²) < 4.78 is 39.0. The van der Waals surface area contributed by atoms with E-state index in [1.165, 1.54) is 28.6 Å². The molecule has 1 aromatic carbocycles. The lowest BCUT2D eigenvalue weighted by Crippen LogP contribution is -2.55. The summed E-state index contributed by atoms with van der Waals surface area (Å²) in [6.07, 6.45) is 0. The summed E-state index contributed by atoms with van der Waals surface area (Å²) in [6.45, 7) is 4.90. The van der Waals surface area contributed by atoms with Gasteiger partial charge in [-0.25, -0.2) is 12.8 Å². The molecule has 0 spiro atoms. The monoisotopic (exact) mass is 286 g/mol. The molecule has 1 N–H and O–H groups in total. The van der Waals surface area contributed by atoms with Crippen LogP contribution in [-0.2, 0) is 15.8 Å². The van der Waals surface area contributed by atoms with Gasteiger partial charge in [-0.2, -0.15) is 4.31 Å². The van der Waals surface area contributed by atoms with Gasteiger partial charge in [-0.3, -0.25) is 0 Å². The molecule has 1 saturated heterocycles. The van der Waals surface area contributed by atoms with E-state index in [9.17, 15) is 12.8 Å². The van der Waals surface area contributed by atoms with Crippen LogP contribution in [0.2, 0.25) is 0 Å². The van der Waals surface area contributed by atoms with Gasteiger partial charge in [0.25, 0.3) is 0 Å². The molecule has 1 fully saturated rings.